The van der Waals surface area contributed by atoms with E-state index in [0.717, 1.165) is 18.9 Å². The third kappa shape index (κ3) is 4.12. The van der Waals surface area contributed by atoms with E-state index in [0.29, 0.717) is 5.69 Å². The van der Waals surface area contributed by atoms with Crippen molar-refractivity contribution in [3.63, 3.8) is 0 Å². The van der Waals surface area contributed by atoms with Crippen molar-refractivity contribution in [2.45, 2.75) is 37.9 Å². The summed E-state index contributed by atoms with van der Waals surface area (Å²) in [6.07, 6.45) is -1.70. The van der Waals surface area contributed by atoms with Crippen LogP contribution < -0.4 is 5.32 Å². The number of anilines is 1. The van der Waals surface area contributed by atoms with E-state index in [1.807, 2.05) is 0 Å². The number of aryl methyl sites for hydroxylation is 2. The number of rotatable bonds is 6. The van der Waals surface area contributed by atoms with Crippen molar-refractivity contribution >= 4 is 17.6 Å². The summed E-state index contributed by atoms with van der Waals surface area (Å²) in [5.41, 5.74) is -0.215. The zero-order chi connectivity index (χ0) is 19.8. The third-order valence-corrected chi connectivity index (χ3v) is 4.24. The first-order valence-corrected chi connectivity index (χ1v) is 8.25. The summed E-state index contributed by atoms with van der Waals surface area (Å²) >= 11 is 0. The minimum atomic E-state index is -4.53. The number of nitrogens with zero attached hydrogens (tertiary/aromatic N) is 4. The maximum absolute atomic E-state index is 12.9. The van der Waals surface area contributed by atoms with Crippen molar-refractivity contribution in [3.05, 3.63) is 29.3 Å². The fraction of sp³-hybridized carbons (Fsp3) is 0.500. The molecule has 2 heterocycles. The molecule has 0 saturated heterocycles. The second-order valence-electron chi connectivity index (χ2n) is 6.27. The number of aromatic nitrogens is 4. The minimum Gasteiger partial charge on any atom is -0.464 e. The summed E-state index contributed by atoms with van der Waals surface area (Å²) in [4.78, 5) is 23.9. The molecule has 11 heteroatoms. The molecular formula is C16H18F3N5O3. The molecule has 1 aliphatic rings. The largest absolute Gasteiger partial charge is 0.464 e. The van der Waals surface area contributed by atoms with Gasteiger partial charge in [0.2, 0.25) is 5.91 Å². The van der Waals surface area contributed by atoms with Gasteiger partial charge in [0.05, 0.1) is 19.0 Å². The Hall–Kier alpha value is -2.85. The van der Waals surface area contributed by atoms with E-state index in [4.69, 9.17) is 0 Å². The highest BCUT2D eigenvalue weighted by molar-refractivity contribution is 5.99. The van der Waals surface area contributed by atoms with E-state index < -0.39 is 23.7 Å². The molecule has 27 heavy (non-hydrogen) atoms. The van der Waals surface area contributed by atoms with Crippen LogP contribution in [0.15, 0.2) is 12.3 Å². The highest BCUT2D eigenvalue weighted by atomic mass is 19.4. The summed E-state index contributed by atoms with van der Waals surface area (Å²) in [6, 6.07) is 1.05. The summed E-state index contributed by atoms with van der Waals surface area (Å²) in [5.74, 6) is -1.08. The second-order valence-corrected chi connectivity index (χ2v) is 6.27. The SMILES string of the molecule is COC(=O)c1c(NC(=O)CCn2nc(C(F)(F)F)cc2C2CC2)cnn1C. The Kier molecular flexibility index (Phi) is 4.94. The van der Waals surface area contributed by atoms with Gasteiger partial charge < -0.3 is 10.1 Å². The number of esters is 1. The lowest BCUT2D eigenvalue weighted by molar-refractivity contribution is -0.141. The van der Waals surface area contributed by atoms with Crippen LogP contribution in [0.4, 0.5) is 18.9 Å². The number of carbonyl (C=O) groups is 2. The summed E-state index contributed by atoms with van der Waals surface area (Å²) in [5, 5.41) is 10.0. The zero-order valence-corrected chi connectivity index (χ0v) is 14.7. The predicted octanol–water partition coefficient (Wildman–Crippen LogP) is 2.33. The Morgan fingerprint density at radius 3 is 2.67 bits per heavy atom. The van der Waals surface area contributed by atoms with Crippen molar-refractivity contribution in [1.29, 1.82) is 0 Å². The third-order valence-electron chi connectivity index (χ3n) is 4.24. The van der Waals surface area contributed by atoms with Gasteiger partial charge in [0, 0.05) is 31.6 Å². The fourth-order valence-corrected chi connectivity index (χ4v) is 2.74. The number of alkyl halides is 3. The van der Waals surface area contributed by atoms with E-state index in [1.54, 1.807) is 0 Å². The van der Waals surface area contributed by atoms with Crippen LogP contribution in [-0.4, -0.2) is 38.5 Å². The lowest BCUT2D eigenvalue weighted by Gasteiger charge is -2.08. The van der Waals surface area contributed by atoms with Crippen LogP contribution >= 0.6 is 0 Å². The number of methoxy groups -OCH3 is 1. The van der Waals surface area contributed by atoms with Gasteiger partial charge in [0.25, 0.3) is 0 Å². The van der Waals surface area contributed by atoms with Gasteiger partial charge in [-0.15, -0.1) is 0 Å². The highest BCUT2D eigenvalue weighted by Crippen LogP contribution is 2.42. The minimum absolute atomic E-state index is 0.00155. The standard InChI is InChI=1S/C16H18F3N5O3/c1-23-14(15(26)27-2)10(8-20-23)21-13(25)5-6-24-11(9-3-4-9)7-12(22-24)16(17,18)19/h7-9H,3-6H2,1-2H3,(H,21,25). The van der Waals surface area contributed by atoms with Gasteiger partial charge in [0.1, 0.15) is 0 Å². The van der Waals surface area contributed by atoms with E-state index in [-0.39, 0.29) is 30.3 Å². The quantitative estimate of drug-likeness (QED) is 0.771. The van der Waals surface area contributed by atoms with Crippen LogP contribution in [0.25, 0.3) is 0 Å². The summed E-state index contributed by atoms with van der Waals surface area (Å²) in [7, 11) is 2.72. The summed E-state index contributed by atoms with van der Waals surface area (Å²) in [6.45, 7) is 0.00155. The molecule has 146 valence electrons. The highest BCUT2D eigenvalue weighted by Gasteiger charge is 2.37. The van der Waals surface area contributed by atoms with E-state index in [2.05, 4.69) is 20.3 Å². The Morgan fingerprint density at radius 2 is 2.07 bits per heavy atom. The van der Waals surface area contributed by atoms with Gasteiger partial charge in [0.15, 0.2) is 11.4 Å². The number of ether oxygens (including phenoxy) is 1. The molecule has 1 N–H and O–H groups in total. The molecule has 0 radical (unpaired) electrons. The summed E-state index contributed by atoms with van der Waals surface area (Å²) < 4.78 is 45.8. The van der Waals surface area contributed by atoms with E-state index >= 15 is 0 Å². The zero-order valence-electron chi connectivity index (χ0n) is 14.7. The van der Waals surface area contributed by atoms with Crippen LogP contribution in [0.2, 0.25) is 0 Å². The van der Waals surface area contributed by atoms with E-state index in [9.17, 15) is 22.8 Å². The first-order valence-electron chi connectivity index (χ1n) is 8.25. The molecule has 0 bridgehead atoms. The number of carbonyl (C=O) groups excluding carboxylic acids is 2. The molecule has 0 aromatic carbocycles. The lowest BCUT2D eigenvalue weighted by atomic mass is 10.2. The van der Waals surface area contributed by atoms with Crippen molar-refractivity contribution < 1.29 is 27.5 Å². The molecule has 0 spiro atoms. The van der Waals surface area contributed by atoms with Crippen molar-refractivity contribution in [3.8, 4) is 0 Å². The monoisotopic (exact) mass is 385 g/mol. The van der Waals surface area contributed by atoms with Crippen molar-refractivity contribution in [2.75, 3.05) is 12.4 Å². The molecule has 8 nitrogen and oxygen atoms in total. The Balaban J connectivity index is 1.68. The maximum Gasteiger partial charge on any atom is 0.435 e. The molecule has 0 atom stereocenters. The molecule has 1 aliphatic carbocycles. The fourth-order valence-electron chi connectivity index (χ4n) is 2.74. The molecule has 2 aromatic rings. The topological polar surface area (TPSA) is 91.0 Å². The molecule has 0 unspecified atom stereocenters. The molecule has 2 aromatic heterocycles. The molecule has 3 rings (SSSR count). The second kappa shape index (κ2) is 7.05. The first kappa shape index (κ1) is 18.9. The number of hydrogen-bond acceptors (Lipinski definition) is 5. The number of amides is 1. The van der Waals surface area contributed by atoms with Gasteiger partial charge in [-0.1, -0.05) is 0 Å². The van der Waals surface area contributed by atoms with Gasteiger partial charge in [-0.05, 0) is 18.9 Å². The molecule has 1 amide bonds. The smallest absolute Gasteiger partial charge is 0.435 e. The normalized spacial score (nSPS) is 14.3. The van der Waals surface area contributed by atoms with Crippen LogP contribution in [0.5, 0.6) is 0 Å². The number of hydrogen-bond donors (Lipinski definition) is 1. The first-order chi connectivity index (χ1) is 12.7. The Morgan fingerprint density at radius 1 is 1.37 bits per heavy atom. The molecule has 1 fully saturated rings. The van der Waals surface area contributed by atoms with Crippen LogP contribution in [0.3, 0.4) is 0 Å². The predicted molar refractivity (Wildman–Crippen MR) is 87.0 cm³/mol. The van der Waals surface area contributed by atoms with Gasteiger partial charge in [-0.2, -0.15) is 23.4 Å². The lowest BCUT2D eigenvalue weighted by Crippen LogP contribution is -2.18. The van der Waals surface area contributed by atoms with Crippen LogP contribution in [-0.2, 0) is 29.3 Å². The van der Waals surface area contributed by atoms with Crippen LogP contribution in [0.1, 0.15) is 47.1 Å². The van der Waals surface area contributed by atoms with Gasteiger partial charge in [-0.25, -0.2) is 4.79 Å². The number of nitrogens with one attached hydrogen (secondary N) is 1. The average Bonchev–Trinajstić information content (AvgIpc) is 3.24. The maximum atomic E-state index is 12.9. The van der Waals surface area contributed by atoms with E-state index in [1.165, 1.54) is 29.7 Å². The average molecular weight is 385 g/mol. The van der Waals surface area contributed by atoms with Crippen molar-refractivity contribution in [2.24, 2.45) is 7.05 Å². The molecule has 1 saturated carbocycles. The number of halogens is 3. The molecular weight excluding hydrogens is 367 g/mol. The van der Waals surface area contributed by atoms with Crippen LogP contribution in [0, 0.1) is 0 Å². The van der Waals surface area contributed by atoms with Gasteiger partial charge >= 0.3 is 12.1 Å². The Bertz CT molecular complexity index is 867. The van der Waals surface area contributed by atoms with Gasteiger partial charge in [-0.3, -0.25) is 14.2 Å². The Labute approximate surface area is 152 Å². The van der Waals surface area contributed by atoms with Crippen molar-refractivity contribution in [1.82, 2.24) is 19.6 Å². The molecule has 0 aliphatic heterocycles.